The number of β-lactam (4-membered cyclic amide) rings is 1. The molecule has 42 heavy (non-hydrogen) atoms. The van der Waals surface area contributed by atoms with Gasteiger partial charge in [0, 0.05) is 36.9 Å². The number of oxime groups is 1. The van der Waals surface area contributed by atoms with Gasteiger partial charge in [0.15, 0.2) is 10.8 Å². The summed E-state index contributed by atoms with van der Waals surface area (Å²) in [6.45, 7) is 5.38. The Morgan fingerprint density at radius 1 is 1.29 bits per heavy atom. The van der Waals surface area contributed by atoms with Gasteiger partial charge in [-0.2, -0.15) is 0 Å². The fourth-order valence-electron chi connectivity index (χ4n) is 4.13. The van der Waals surface area contributed by atoms with Crippen molar-refractivity contribution in [2.24, 2.45) is 11.1 Å². The molecule has 2 aliphatic heterocycles. The van der Waals surface area contributed by atoms with Crippen molar-refractivity contribution in [3.8, 4) is 0 Å². The van der Waals surface area contributed by atoms with E-state index in [-0.39, 0.29) is 22.9 Å². The van der Waals surface area contributed by atoms with Crippen molar-refractivity contribution >= 4 is 63.8 Å². The topological polar surface area (TPSA) is 186 Å². The zero-order chi connectivity index (χ0) is 30.4. The predicted octanol–water partition coefficient (Wildman–Crippen LogP) is 2.53. The Kier molecular flexibility index (Phi) is 9.96. The van der Waals surface area contributed by atoms with Crippen LogP contribution in [0.25, 0.3) is 6.08 Å². The minimum atomic E-state index is -1.19. The fourth-order valence-corrected chi connectivity index (χ4v) is 6.00. The van der Waals surface area contributed by atoms with Crippen LogP contribution in [-0.2, 0) is 28.7 Å². The molecule has 0 saturated carbocycles. The van der Waals surface area contributed by atoms with E-state index in [1.807, 2.05) is 19.9 Å². The lowest BCUT2D eigenvalue weighted by atomic mass is 10.0. The second-order valence-electron chi connectivity index (χ2n) is 9.77. The van der Waals surface area contributed by atoms with Crippen LogP contribution in [0, 0.1) is 5.92 Å². The number of anilines is 1. The number of nitrogens with zero attached hydrogens (tertiary/aromatic N) is 4. The van der Waals surface area contributed by atoms with E-state index in [1.165, 1.54) is 29.0 Å². The minimum Gasteiger partial charge on any atom is -0.425 e. The summed E-state index contributed by atoms with van der Waals surface area (Å²) in [5, 5.41) is 16.0. The van der Waals surface area contributed by atoms with Gasteiger partial charge in [-0.1, -0.05) is 37.2 Å². The van der Waals surface area contributed by atoms with Gasteiger partial charge in [-0.25, -0.2) is 9.78 Å². The molecule has 1 unspecified atom stereocenters. The highest BCUT2D eigenvalue weighted by molar-refractivity contribution is 8.00. The first-order valence-electron chi connectivity index (χ1n) is 13.0. The number of carbonyl (C=O) groups excluding carboxylic acids is 4. The molecule has 2 aromatic rings. The van der Waals surface area contributed by atoms with E-state index in [1.54, 1.807) is 30.6 Å². The normalized spacial score (nSPS) is 19.4. The molecule has 3 atom stereocenters. The Morgan fingerprint density at radius 3 is 2.71 bits per heavy atom. The highest BCUT2D eigenvalue weighted by Crippen LogP contribution is 2.41. The maximum Gasteiger partial charge on any atom is 0.358 e. The van der Waals surface area contributed by atoms with Gasteiger partial charge >= 0.3 is 11.9 Å². The third-order valence-electron chi connectivity index (χ3n) is 6.21. The third kappa shape index (κ3) is 7.15. The van der Waals surface area contributed by atoms with E-state index in [4.69, 9.17) is 15.2 Å². The molecule has 2 aromatic heterocycles. The Bertz CT molecular complexity index is 1440. The molecule has 4 N–H and O–H groups in total. The number of ether oxygens (including phenoxy) is 2. The van der Waals surface area contributed by atoms with Gasteiger partial charge in [0.1, 0.15) is 22.8 Å². The van der Waals surface area contributed by atoms with Crippen molar-refractivity contribution in [3.05, 3.63) is 58.5 Å². The second kappa shape index (κ2) is 13.6. The van der Waals surface area contributed by atoms with Gasteiger partial charge in [-0.3, -0.25) is 24.3 Å². The van der Waals surface area contributed by atoms with Gasteiger partial charge in [0.05, 0.1) is 0 Å². The second-order valence-corrected chi connectivity index (χ2v) is 11.8. The molecule has 4 rings (SSSR count). The van der Waals surface area contributed by atoms with E-state index in [0.29, 0.717) is 23.7 Å². The molecular formula is C27H30N6O7S2. The first-order chi connectivity index (χ1) is 20.1. The predicted molar refractivity (Wildman–Crippen MR) is 156 cm³/mol. The van der Waals surface area contributed by atoms with E-state index < -0.39 is 47.2 Å². The number of hydrogen-bond donors (Lipinski definition) is 3. The number of fused-ring (bicyclic) bond motifs is 1. The molecule has 13 nitrogen and oxygen atoms in total. The van der Waals surface area contributed by atoms with E-state index in [0.717, 1.165) is 16.9 Å². The van der Waals surface area contributed by atoms with Crippen LogP contribution in [0.2, 0.25) is 0 Å². The lowest BCUT2D eigenvalue weighted by Gasteiger charge is -2.49. The maximum absolute atomic E-state index is 13.4. The van der Waals surface area contributed by atoms with E-state index in [9.17, 15) is 24.4 Å². The lowest BCUT2D eigenvalue weighted by molar-refractivity contribution is -0.184. The molecule has 1 fully saturated rings. The summed E-state index contributed by atoms with van der Waals surface area (Å²) < 4.78 is 10.7. The van der Waals surface area contributed by atoms with Crippen molar-refractivity contribution in [2.75, 3.05) is 11.5 Å². The number of hydrogen-bond acceptors (Lipinski definition) is 13. The number of carbonyl (C=O) groups is 4. The van der Waals surface area contributed by atoms with Crippen LogP contribution in [-0.4, -0.2) is 73.0 Å². The van der Waals surface area contributed by atoms with Crippen molar-refractivity contribution in [1.29, 1.82) is 0 Å². The molecule has 0 spiro atoms. The molecule has 0 aliphatic carbocycles. The summed E-state index contributed by atoms with van der Waals surface area (Å²) in [4.78, 5) is 61.0. The molecule has 222 valence electrons. The van der Waals surface area contributed by atoms with Gasteiger partial charge in [0.25, 0.3) is 11.8 Å². The maximum atomic E-state index is 13.4. The van der Waals surface area contributed by atoms with Crippen LogP contribution in [0.3, 0.4) is 0 Å². The van der Waals surface area contributed by atoms with Crippen molar-refractivity contribution in [2.45, 2.75) is 51.3 Å². The quantitative estimate of drug-likeness (QED) is 0.0843. The number of aromatic nitrogens is 2. The number of nitrogens with one attached hydrogen (secondary N) is 1. The molecule has 15 heteroatoms. The molecular weight excluding hydrogens is 584 g/mol. The van der Waals surface area contributed by atoms with Gasteiger partial charge in [0.2, 0.25) is 6.29 Å². The highest BCUT2D eigenvalue weighted by atomic mass is 32.2. The van der Waals surface area contributed by atoms with Gasteiger partial charge in [-0.05, 0) is 29.5 Å². The standard InChI is InChI=1S/C27H30N6O7S2/c1-14(2)6-9-19(34)39-15(3)40-26(37)22-17(8-7-16-5-4-10-29-11-16)12-41-25-21(24(36)33(22)25)31-23(35)20(32-38)18-13-42-27(28)30-18/h4-5,7-8,10-11,13-15,21,25,38H,6,9,12H2,1-3H3,(H2,28,30)(H,31,35)/b8-7-,32-20?/t15?,21-,25-/m1/s1. The monoisotopic (exact) mass is 614 g/mol. The third-order valence-corrected chi connectivity index (χ3v) is 8.19. The summed E-state index contributed by atoms with van der Waals surface area (Å²) in [6.07, 6.45) is 6.33. The highest BCUT2D eigenvalue weighted by Gasteiger charge is 2.54. The lowest BCUT2D eigenvalue weighted by Crippen LogP contribution is -2.71. The Hall–Kier alpha value is -4.24. The van der Waals surface area contributed by atoms with Crippen molar-refractivity contribution < 1.29 is 33.9 Å². The number of rotatable bonds is 11. The van der Waals surface area contributed by atoms with Gasteiger partial charge < -0.3 is 25.7 Å². The molecule has 1 saturated heterocycles. The number of thioether (sulfide) groups is 1. The van der Waals surface area contributed by atoms with Crippen LogP contribution >= 0.6 is 23.1 Å². The Labute approximate surface area is 249 Å². The van der Waals surface area contributed by atoms with Crippen molar-refractivity contribution in [3.63, 3.8) is 0 Å². The number of nitrogens with two attached hydrogens (primary N) is 1. The first-order valence-corrected chi connectivity index (χ1v) is 14.9. The number of nitrogen functional groups attached to an aromatic ring is 1. The zero-order valence-corrected chi connectivity index (χ0v) is 24.7. The molecule has 0 bridgehead atoms. The summed E-state index contributed by atoms with van der Waals surface area (Å²) in [7, 11) is 0. The molecule has 4 heterocycles. The minimum absolute atomic E-state index is 0.0252. The average Bonchev–Trinajstić information content (AvgIpc) is 3.39. The Morgan fingerprint density at radius 2 is 2.07 bits per heavy atom. The number of pyridine rings is 1. The number of amides is 2. The van der Waals surface area contributed by atoms with E-state index in [2.05, 4.69) is 20.4 Å². The van der Waals surface area contributed by atoms with Gasteiger partial charge in [-0.15, -0.1) is 23.1 Å². The fraction of sp³-hybridized carbons (Fsp3) is 0.370. The van der Waals surface area contributed by atoms with E-state index >= 15 is 0 Å². The first kappa shape index (κ1) is 30.7. The van der Waals surface area contributed by atoms with Crippen LogP contribution in [0.5, 0.6) is 0 Å². The number of allylic oxidation sites excluding steroid dienone is 1. The SMILES string of the molecule is CC(C)CCC(=O)OC(C)OC(=O)C1=C(/C=C\c2cccnc2)CS[C@@H]2[C@H](NC(=O)C(=NO)c3csc(N)n3)C(=O)N12. The Balaban J connectivity index is 1.53. The molecule has 2 aliphatic rings. The zero-order valence-electron chi connectivity index (χ0n) is 23.1. The van der Waals surface area contributed by atoms with Crippen molar-refractivity contribution in [1.82, 2.24) is 20.2 Å². The van der Waals surface area contributed by atoms with Crippen LogP contribution < -0.4 is 11.1 Å². The van der Waals surface area contributed by atoms with Crippen LogP contribution in [0.1, 0.15) is 44.9 Å². The summed E-state index contributed by atoms with van der Waals surface area (Å²) in [5.74, 6) is -2.16. The summed E-state index contributed by atoms with van der Waals surface area (Å²) in [5.41, 5.74) is 6.51. The number of thiazole rings is 1. The molecule has 0 aromatic carbocycles. The summed E-state index contributed by atoms with van der Waals surface area (Å²) in [6, 6.07) is 2.57. The largest absolute Gasteiger partial charge is 0.425 e. The smallest absolute Gasteiger partial charge is 0.358 e. The summed E-state index contributed by atoms with van der Waals surface area (Å²) >= 11 is 2.38. The molecule has 2 amide bonds. The molecule has 0 radical (unpaired) electrons. The average molecular weight is 615 g/mol. The van der Waals surface area contributed by atoms with Crippen LogP contribution in [0.4, 0.5) is 5.13 Å². The van der Waals surface area contributed by atoms with Crippen LogP contribution in [0.15, 0.2) is 52.4 Å². The number of esters is 2.